The molecule has 0 radical (unpaired) electrons. The minimum absolute atomic E-state index is 0.0729. The van der Waals surface area contributed by atoms with Crippen molar-refractivity contribution in [3.63, 3.8) is 0 Å². The molecule has 1 aliphatic rings. The molecule has 2 aromatic rings. The molecule has 0 saturated carbocycles. The van der Waals surface area contributed by atoms with Gasteiger partial charge in [0.05, 0.1) is 18.1 Å². The lowest BCUT2D eigenvalue weighted by molar-refractivity contribution is -0.129. The van der Waals surface area contributed by atoms with Crippen LogP contribution in [0, 0.1) is 0 Å². The first-order chi connectivity index (χ1) is 11.0. The van der Waals surface area contributed by atoms with Gasteiger partial charge in [-0.25, -0.2) is 8.42 Å². The molecule has 0 aliphatic carbocycles. The minimum atomic E-state index is -2.98. The highest BCUT2D eigenvalue weighted by atomic mass is 32.2. The molecule has 5 nitrogen and oxygen atoms in total. The summed E-state index contributed by atoms with van der Waals surface area (Å²) in [4.78, 5) is 13.9. The number of hydrogen-bond donors (Lipinski definition) is 1. The summed E-state index contributed by atoms with van der Waals surface area (Å²) in [5, 5.41) is 5.35. The van der Waals surface area contributed by atoms with E-state index in [0.717, 1.165) is 16.5 Å². The van der Waals surface area contributed by atoms with Crippen molar-refractivity contribution >= 4 is 32.2 Å². The Balaban J connectivity index is 1.66. The van der Waals surface area contributed by atoms with Crippen LogP contribution >= 0.6 is 0 Å². The van der Waals surface area contributed by atoms with Gasteiger partial charge in [0, 0.05) is 24.2 Å². The van der Waals surface area contributed by atoms with E-state index in [1.165, 1.54) is 0 Å². The summed E-state index contributed by atoms with van der Waals surface area (Å²) in [6.07, 6.45) is 0.527. The number of carbonyl (C=O) groups excluding carboxylic acids is 1. The Morgan fingerprint density at radius 1 is 1.22 bits per heavy atom. The number of rotatable bonds is 4. The molecule has 1 aliphatic heterocycles. The third-order valence-corrected chi connectivity index (χ3v) is 6.12. The van der Waals surface area contributed by atoms with Gasteiger partial charge in [-0.05, 0) is 17.9 Å². The SMILES string of the molecule is CN(C(=O)CNc1cccc2ccccc12)C1CCS(=O)(=O)C1. The quantitative estimate of drug-likeness (QED) is 0.929. The predicted octanol–water partition coefficient (Wildman–Crippen LogP) is 1.90. The van der Waals surface area contributed by atoms with E-state index in [1.54, 1.807) is 11.9 Å². The molecule has 1 atom stereocenters. The molecule has 0 aromatic heterocycles. The van der Waals surface area contributed by atoms with Crippen molar-refractivity contribution in [1.82, 2.24) is 4.90 Å². The normalized spacial score (nSPS) is 19.6. The first-order valence-corrected chi connectivity index (χ1v) is 9.46. The fraction of sp³-hybridized carbons (Fsp3) is 0.353. The van der Waals surface area contributed by atoms with Gasteiger partial charge in [0.2, 0.25) is 5.91 Å². The molecule has 122 valence electrons. The smallest absolute Gasteiger partial charge is 0.241 e. The fourth-order valence-corrected chi connectivity index (χ4v) is 4.73. The second-order valence-corrected chi connectivity index (χ2v) is 8.17. The van der Waals surface area contributed by atoms with Crippen LogP contribution in [-0.2, 0) is 14.6 Å². The Morgan fingerprint density at radius 2 is 1.96 bits per heavy atom. The highest BCUT2D eigenvalue weighted by molar-refractivity contribution is 7.91. The minimum Gasteiger partial charge on any atom is -0.376 e. The number of hydrogen-bond acceptors (Lipinski definition) is 4. The summed E-state index contributed by atoms with van der Waals surface area (Å²) in [5.74, 6) is 0.148. The van der Waals surface area contributed by atoms with Crippen LogP contribution in [0.5, 0.6) is 0 Å². The molecule has 1 N–H and O–H groups in total. The summed E-state index contributed by atoms with van der Waals surface area (Å²) in [6.45, 7) is 0.154. The van der Waals surface area contributed by atoms with E-state index >= 15 is 0 Å². The average Bonchev–Trinajstić information content (AvgIpc) is 2.91. The van der Waals surface area contributed by atoms with Gasteiger partial charge in [-0.1, -0.05) is 36.4 Å². The number of carbonyl (C=O) groups is 1. The number of nitrogens with zero attached hydrogens (tertiary/aromatic N) is 1. The zero-order valence-corrected chi connectivity index (χ0v) is 13.8. The van der Waals surface area contributed by atoms with E-state index < -0.39 is 9.84 Å². The second-order valence-electron chi connectivity index (χ2n) is 5.94. The van der Waals surface area contributed by atoms with Crippen LogP contribution in [0.1, 0.15) is 6.42 Å². The zero-order chi connectivity index (χ0) is 16.4. The number of sulfone groups is 1. The van der Waals surface area contributed by atoms with Gasteiger partial charge in [-0.3, -0.25) is 4.79 Å². The monoisotopic (exact) mass is 332 g/mol. The van der Waals surface area contributed by atoms with Gasteiger partial charge in [0.1, 0.15) is 0 Å². The van der Waals surface area contributed by atoms with Crippen molar-refractivity contribution in [2.45, 2.75) is 12.5 Å². The van der Waals surface area contributed by atoms with Gasteiger partial charge >= 0.3 is 0 Å². The summed E-state index contributed by atoms with van der Waals surface area (Å²) < 4.78 is 23.1. The van der Waals surface area contributed by atoms with Crippen LogP contribution in [-0.4, -0.2) is 50.4 Å². The fourth-order valence-electron chi connectivity index (χ4n) is 2.96. The van der Waals surface area contributed by atoms with E-state index in [2.05, 4.69) is 5.32 Å². The Bertz CT molecular complexity index is 827. The Labute approximate surface area is 136 Å². The van der Waals surface area contributed by atoms with Crippen LogP contribution in [0.25, 0.3) is 10.8 Å². The molecular weight excluding hydrogens is 312 g/mol. The molecule has 2 aromatic carbocycles. The lowest BCUT2D eigenvalue weighted by Gasteiger charge is -2.24. The number of benzene rings is 2. The summed E-state index contributed by atoms with van der Waals surface area (Å²) >= 11 is 0. The first-order valence-electron chi connectivity index (χ1n) is 7.64. The Kier molecular flexibility index (Phi) is 4.26. The Hall–Kier alpha value is -2.08. The average molecular weight is 332 g/mol. The molecular formula is C17H20N2O3S. The van der Waals surface area contributed by atoms with Crippen molar-refractivity contribution in [3.8, 4) is 0 Å². The van der Waals surface area contributed by atoms with Crippen LogP contribution < -0.4 is 5.32 Å². The van der Waals surface area contributed by atoms with Crippen molar-refractivity contribution in [2.75, 3.05) is 30.4 Å². The lowest BCUT2D eigenvalue weighted by atomic mass is 10.1. The lowest BCUT2D eigenvalue weighted by Crippen LogP contribution is -2.40. The van der Waals surface area contributed by atoms with E-state index in [1.807, 2.05) is 42.5 Å². The highest BCUT2D eigenvalue weighted by Crippen LogP contribution is 2.23. The van der Waals surface area contributed by atoms with Crippen LogP contribution in [0.3, 0.4) is 0 Å². The Morgan fingerprint density at radius 3 is 2.70 bits per heavy atom. The number of amides is 1. The number of fused-ring (bicyclic) bond motifs is 1. The van der Waals surface area contributed by atoms with E-state index in [-0.39, 0.29) is 30.0 Å². The van der Waals surface area contributed by atoms with Gasteiger partial charge in [-0.2, -0.15) is 0 Å². The standard InChI is InChI=1S/C17H20N2O3S/c1-19(14-9-10-23(21,22)12-14)17(20)11-18-16-8-4-6-13-5-2-3-7-15(13)16/h2-8,14,18H,9-12H2,1H3. The van der Waals surface area contributed by atoms with Crippen molar-refractivity contribution in [3.05, 3.63) is 42.5 Å². The van der Waals surface area contributed by atoms with Gasteiger partial charge < -0.3 is 10.2 Å². The van der Waals surface area contributed by atoms with Crippen molar-refractivity contribution in [1.29, 1.82) is 0 Å². The molecule has 1 saturated heterocycles. The van der Waals surface area contributed by atoms with Gasteiger partial charge in [0.25, 0.3) is 0 Å². The molecule has 1 unspecified atom stereocenters. The van der Waals surface area contributed by atoms with E-state index in [9.17, 15) is 13.2 Å². The molecule has 3 rings (SSSR count). The number of likely N-dealkylation sites (N-methyl/N-ethyl adjacent to an activating group) is 1. The topological polar surface area (TPSA) is 66.5 Å². The third-order valence-electron chi connectivity index (χ3n) is 4.37. The summed E-state index contributed by atoms with van der Waals surface area (Å²) in [5.41, 5.74) is 0.906. The predicted molar refractivity (Wildman–Crippen MR) is 92.3 cm³/mol. The first kappa shape index (κ1) is 15.8. The maximum absolute atomic E-state index is 12.3. The summed E-state index contributed by atoms with van der Waals surface area (Å²) in [6, 6.07) is 13.7. The molecule has 23 heavy (non-hydrogen) atoms. The molecule has 1 heterocycles. The number of anilines is 1. The molecule has 0 bridgehead atoms. The van der Waals surface area contributed by atoms with Crippen molar-refractivity contribution < 1.29 is 13.2 Å². The van der Waals surface area contributed by atoms with Gasteiger partial charge in [-0.15, -0.1) is 0 Å². The molecule has 6 heteroatoms. The van der Waals surface area contributed by atoms with E-state index in [4.69, 9.17) is 0 Å². The zero-order valence-electron chi connectivity index (χ0n) is 13.0. The molecule has 0 spiro atoms. The summed E-state index contributed by atoms with van der Waals surface area (Å²) in [7, 11) is -1.31. The maximum atomic E-state index is 12.3. The number of nitrogens with one attached hydrogen (secondary N) is 1. The molecule has 1 amide bonds. The third kappa shape index (κ3) is 3.47. The van der Waals surface area contributed by atoms with E-state index in [0.29, 0.717) is 6.42 Å². The van der Waals surface area contributed by atoms with Crippen LogP contribution in [0.15, 0.2) is 42.5 Å². The van der Waals surface area contributed by atoms with Gasteiger partial charge in [0.15, 0.2) is 9.84 Å². The van der Waals surface area contributed by atoms with Crippen molar-refractivity contribution in [2.24, 2.45) is 0 Å². The van der Waals surface area contributed by atoms with Crippen LogP contribution in [0.2, 0.25) is 0 Å². The molecule has 1 fully saturated rings. The second kappa shape index (κ2) is 6.20. The largest absolute Gasteiger partial charge is 0.376 e. The van der Waals surface area contributed by atoms with Crippen LogP contribution in [0.4, 0.5) is 5.69 Å². The highest BCUT2D eigenvalue weighted by Gasteiger charge is 2.32. The maximum Gasteiger partial charge on any atom is 0.241 e.